The van der Waals surface area contributed by atoms with Crippen molar-refractivity contribution in [1.29, 1.82) is 0 Å². The van der Waals surface area contributed by atoms with Crippen molar-refractivity contribution in [3.63, 3.8) is 0 Å². The molecule has 2 nitrogen and oxygen atoms in total. The minimum absolute atomic E-state index is 0.251. The smallest absolute Gasteiger partial charge is 0.0918 e. The van der Waals surface area contributed by atoms with E-state index in [1.54, 1.807) is 11.3 Å². The van der Waals surface area contributed by atoms with Crippen LogP contribution in [0.4, 0.5) is 5.69 Å². The summed E-state index contributed by atoms with van der Waals surface area (Å²) in [6.45, 7) is 0. The quantitative estimate of drug-likeness (QED) is 0.742. The third kappa shape index (κ3) is 2.20. The first-order valence-corrected chi connectivity index (χ1v) is 7.56. The molecule has 0 bridgehead atoms. The lowest BCUT2D eigenvalue weighted by Gasteiger charge is -2.23. The van der Waals surface area contributed by atoms with Crippen LogP contribution in [0.5, 0.6) is 0 Å². The van der Waals surface area contributed by atoms with Gasteiger partial charge in [-0.2, -0.15) is 5.10 Å². The van der Waals surface area contributed by atoms with Gasteiger partial charge < -0.3 is 0 Å². The van der Waals surface area contributed by atoms with Crippen LogP contribution in [0.25, 0.3) is 0 Å². The largest absolute Gasteiger partial charge is 0.256 e. The number of benzene rings is 1. The van der Waals surface area contributed by atoms with E-state index >= 15 is 0 Å². The van der Waals surface area contributed by atoms with Gasteiger partial charge in [-0.15, -0.1) is 11.3 Å². The Balaban J connectivity index is 1.96. The van der Waals surface area contributed by atoms with Gasteiger partial charge in [0.15, 0.2) is 0 Å². The maximum atomic E-state index is 6.24. The summed E-state index contributed by atoms with van der Waals surface area (Å²) in [5.74, 6) is 0. The number of hydrazone groups is 1. The van der Waals surface area contributed by atoms with Gasteiger partial charge in [-0.1, -0.05) is 23.7 Å². The van der Waals surface area contributed by atoms with E-state index in [0.717, 1.165) is 20.9 Å². The first-order valence-electron chi connectivity index (χ1n) is 5.57. The highest BCUT2D eigenvalue weighted by atomic mass is 79.9. The van der Waals surface area contributed by atoms with E-state index in [2.05, 4.69) is 33.2 Å². The molecule has 0 amide bonds. The van der Waals surface area contributed by atoms with Gasteiger partial charge in [0.25, 0.3) is 0 Å². The fourth-order valence-electron chi connectivity index (χ4n) is 2.03. The van der Waals surface area contributed by atoms with Gasteiger partial charge in [0.05, 0.1) is 20.5 Å². The maximum Gasteiger partial charge on any atom is 0.0918 e. The Morgan fingerprint density at radius 1 is 1.28 bits per heavy atom. The molecule has 92 valence electrons. The molecule has 0 aliphatic carbocycles. The number of thiophene rings is 1. The van der Waals surface area contributed by atoms with Gasteiger partial charge in [0.2, 0.25) is 0 Å². The fourth-order valence-corrected chi connectivity index (χ4v) is 3.77. The van der Waals surface area contributed by atoms with E-state index in [9.17, 15) is 0 Å². The zero-order valence-electron chi connectivity index (χ0n) is 9.38. The Hall–Kier alpha value is -0.840. The number of nitrogens with zero attached hydrogens (tertiary/aromatic N) is 2. The van der Waals surface area contributed by atoms with Gasteiger partial charge in [-0.25, -0.2) is 0 Å². The van der Waals surface area contributed by atoms with Crippen molar-refractivity contribution in [2.24, 2.45) is 5.10 Å². The van der Waals surface area contributed by atoms with Crippen LogP contribution in [0, 0.1) is 0 Å². The molecule has 1 aliphatic heterocycles. The number of rotatable bonds is 2. The van der Waals surface area contributed by atoms with E-state index in [4.69, 9.17) is 11.6 Å². The molecule has 1 atom stereocenters. The summed E-state index contributed by atoms with van der Waals surface area (Å²) in [5, 5.41) is 7.18. The summed E-state index contributed by atoms with van der Waals surface area (Å²) in [7, 11) is 0. The summed E-state index contributed by atoms with van der Waals surface area (Å²) >= 11 is 11.5. The van der Waals surface area contributed by atoms with Gasteiger partial charge in [-0.05, 0) is 40.2 Å². The first kappa shape index (κ1) is 12.2. The van der Waals surface area contributed by atoms with Crippen molar-refractivity contribution < 1.29 is 0 Å². The van der Waals surface area contributed by atoms with Crippen molar-refractivity contribution in [3.8, 4) is 0 Å². The molecule has 3 rings (SSSR count). The van der Waals surface area contributed by atoms with E-state index in [-0.39, 0.29) is 6.04 Å². The van der Waals surface area contributed by atoms with E-state index in [0.29, 0.717) is 0 Å². The number of halogens is 2. The van der Waals surface area contributed by atoms with Crippen molar-refractivity contribution in [3.05, 3.63) is 50.1 Å². The topological polar surface area (TPSA) is 15.6 Å². The molecule has 0 spiro atoms. The molecule has 0 radical (unpaired) electrons. The molecule has 1 aromatic heterocycles. The Kier molecular flexibility index (Phi) is 3.41. The third-order valence-electron chi connectivity index (χ3n) is 2.85. The maximum absolute atomic E-state index is 6.24. The Morgan fingerprint density at radius 3 is 2.83 bits per heavy atom. The third-order valence-corrected chi connectivity index (χ3v) is 4.90. The van der Waals surface area contributed by atoms with Gasteiger partial charge >= 0.3 is 0 Å². The lowest BCUT2D eigenvalue weighted by molar-refractivity contribution is 0.723. The van der Waals surface area contributed by atoms with Crippen LogP contribution in [-0.2, 0) is 0 Å². The van der Waals surface area contributed by atoms with Gasteiger partial charge in [0.1, 0.15) is 0 Å². The van der Waals surface area contributed by atoms with E-state index in [1.807, 2.05) is 35.5 Å². The van der Waals surface area contributed by atoms with Crippen molar-refractivity contribution in [1.82, 2.24) is 0 Å². The summed E-state index contributed by atoms with van der Waals surface area (Å²) in [4.78, 5) is 1.29. The van der Waals surface area contributed by atoms with Crippen LogP contribution in [0.3, 0.4) is 0 Å². The highest BCUT2D eigenvalue weighted by Gasteiger charge is 2.26. The molecule has 1 aromatic carbocycles. The summed E-state index contributed by atoms with van der Waals surface area (Å²) < 4.78 is 1.14. The molecule has 0 saturated heterocycles. The minimum atomic E-state index is 0.251. The first-order chi connectivity index (χ1) is 8.75. The normalized spacial score (nSPS) is 18.6. The number of anilines is 1. The highest BCUT2D eigenvalue weighted by molar-refractivity contribution is 9.11. The summed E-state index contributed by atoms with van der Waals surface area (Å²) in [6, 6.07) is 12.3. The monoisotopic (exact) mass is 340 g/mol. The fraction of sp³-hybridized carbons (Fsp3) is 0.154. The Bertz CT molecular complexity index is 596. The highest BCUT2D eigenvalue weighted by Crippen LogP contribution is 2.40. The number of hydrogen-bond donors (Lipinski definition) is 0. The predicted octanol–water partition coefficient (Wildman–Crippen LogP) is 5.10. The zero-order valence-corrected chi connectivity index (χ0v) is 12.5. The van der Waals surface area contributed by atoms with Gasteiger partial charge in [-0.3, -0.25) is 5.01 Å². The van der Waals surface area contributed by atoms with Crippen LogP contribution < -0.4 is 5.01 Å². The SMILES string of the molecule is Clc1ccccc1N1N=CCC1c1ccc(Br)s1. The molecule has 0 fully saturated rings. The van der Waals surface area contributed by atoms with E-state index in [1.165, 1.54) is 4.88 Å². The van der Waals surface area contributed by atoms with Crippen LogP contribution in [0.1, 0.15) is 17.3 Å². The zero-order chi connectivity index (χ0) is 12.5. The number of hydrogen-bond acceptors (Lipinski definition) is 3. The Labute approximate surface area is 123 Å². The molecular weight excluding hydrogens is 332 g/mol. The molecule has 0 N–H and O–H groups in total. The lowest BCUT2D eigenvalue weighted by Crippen LogP contribution is -2.17. The number of para-hydroxylation sites is 1. The predicted molar refractivity (Wildman–Crippen MR) is 81.8 cm³/mol. The van der Waals surface area contributed by atoms with Crippen molar-refractivity contribution in [2.45, 2.75) is 12.5 Å². The van der Waals surface area contributed by atoms with Crippen LogP contribution in [0.2, 0.25) is 5.02 Å². The molecule has 1 aliphatic rings. The second-order valence-corrected chi connectivity index (χ2v) is 6.89. The van der Waals surface area contributed by atoms with Crippen molar-refractivity contribution >= 4 is 50.8 Å². The summed E-state index contributed by atoms with van der Waals surface area (Å²) in [5.41, 5.74) is 0.961. The van der Waals surface area contributed by atoms with Crippen molar-refractivity contribution in [2.75, 3.05) is 5.01 Å². The average Bonchev–Trinajstić information content (AvgIpc) is 2.98. The lowest BCUT2D eigenvalue weighted by atomic mass is 10.1. The standard InChI is InChI=1S/C13H10BrClN2S/c14-13-6-5-12(18-13)11-7-8-16-17(11)10-4-2-1-3-9(10)15/h1-6,8,11H,7H2. The molecule has 1 unspecified atom stereocenters. The van der Waals surface area contributed by atoms with Gasteiger partial charge in [0, 0.05) is 17.5 Å². The van der Waals surface area contributed by atoms with Crippen LogP contribution in [0.15, 0.2) is 45.3 Å². The summed E-state index contributed by atoms with van der Waals surface area (Å²) in [6.07, 6.45) is 2.86. The molecule has 0 saturated carbocycles. The molecular formula is C13H10BrClN2S. The van der Waals surface area contributed by atoms with Crippen LogP contribution >= 0.6 is 38.9 Å². The molecule has 5 heteroatoms. The molecule has 18 heavy (non-hydrogen) atoms. The average molecular weight is 342 g/mol. The second kappa shape index (κ2) is 5.03. The molecule has 2 aromatic rings. The van der Waals surface area contributed by atoms with Crippen LogP contribution in [-0.4, -0.2) is 6.21 Å². The Morgan fingerprint density at radius 2 is 2.11 bits per heavy atom. The minimum Gasteiger partial charge on any atom is -0.256 e. The van der Waals surface area contributed by atoms with E-state index < -0.39 is 0 Å². The second-order valence-electron chi connectivity index (χ2n) is 3.99. The molecule has 2 heterocycles.